The van der Waals surface area contributed by atoms with Crippen LogP contribution in [0.4, 0.5) is 0 Å². The Morgan fingerprint density at radius 2 is 1.62 bits per heavy atom. The number of nitrogens with one attached hydrogen (secondary N) is 1. The van der Waals surface area contributed by atoms with Crippen molar-refractivity contribution < 1.29 is 24.2 Å². The fourth-order valence-corrected chi connectivity index (χ4v) is 4.48. The SMILES string of the molecule is C=CCCCC(Cc1ccccc1)C(=O)OCC(C)NC(=O)C(CC=C)CC(=O)N(CCO)Cc1ccccc1. The number of aliphatic hydroxyl groups excluding tert-OH is 1. The van der Waals surface area contributed by atoms with Crippen molar-refractivity contribution >= 4 is 17.8 Å². The molecule has 2 amide bonds. The topological polar surface area (TPSA) is 95.9 Å². The highest BCUT2D eigenvalue weighted by molar-refractivity contribution is 5.86. The Bertz CT molecular complexity index is 1060. The molecule has 0 aromatic heterocycles. The molecule has 3 atom stereocenters. The van der Waals surface area contributed by atoms with Crippen molar-refractivity contribution in [1.29, 1.82) is 0 Å². The minimum Gasteiger partial charge on any atom is -0.463 e. The third-order valence-electron chi connectivity index (χ3n) is 6.67. The van der Waals surface area contributed by atoms with Gasteiger partial charge in [0.25, 0.3) is 0 Å². The van der Waals surface area contributed by atoms with E-state index < -0.39 is 12.0 Å². The number of esters is 1. The van der Waals surface area contributed by atoms with Crippen LogP contribution in [0.15, 0.2) is 86.0 Å². The van der Waals surface area contributed by atoms with E-state index in [-0.39, 0.29) is 49.9 Å². The first-order valence-corrected chi connectivity index (χ1v) is 14.0. The van der Waals surface area contributed by atoms with Crippen LogP contribution >= 0.6 is 0 Å². The lowest BCUT2D eigenvalue weighted by Crippen LogP contribution is -2.42. The lowest BCUT2D eigenvalue weighted by atomic mass is 9.94. The molecular formula is C33H44N2O5. The van der Waals surface area contributed by atoms with Gasteiger partial charge in [-0.3, -0.25) is 14.4 Å². The van der Waals surface area contributed by atoms with Gasteiger partial charge < -0.3 is 20.1 Å². The van der Waals surface area contributed by atoms with Gasteiger partial charge in [-0.2, -0.15) is 0 Å². The van der Waals surface area contributed by atoms with Crippen molar-refractivity contribution in [1.82, 2.24) is 10.2 Å². The average molecular weight is 549 g/mol. The maximum Gasteiger partial charge on any atom is 0.309 e. The van der Waals surface area contributed by atoms with Gasteiger partial charge in [0.05, 0.1) is 24.5 Å². The summed E-state index contributed by atoms with van der Waals surface area (Å²) in [6, 6.07) is 18.9. The van der Waals surface area contributed by atoms with E-state index in [1.807, 2.05) is 66.7 Å². The maximum absolute atomic E-state index is 13.1. The maximum atomic E-state index is 13.1. The first-order valence-electron chi connectivity index (χ1n) is 14.0. The van der Waals surface area contributed by atoms with Gasteiger partial charge in [-0.1, -0.05) is 72.8 Å². The molecule has 0 radical (unpaired) electrons. The summed E-state index contributed by atoms with van der Waals surface area (Å²) in [6.07, 6.45) is 6.73. The van der Waals surface area contributed by atoms with E-state index in [1.165, 1.54) is 0 Å². The summed E-state index contributed by atoms with van der Waals surface area (Å²) in [4.78, 5) is 40.7. The van der Waals surface area contributed by atoms with Crippen LogP contribution in [0.1, 0.15) is 50.2 Å². The molecule has 7 heteroatoms. The van der Waals surface area contributed by atoms with E-state index in [9.17, 15) is 19.5 Å². The number of rotatable bonds is 19. The van der Waals surface area contributed by atoms with Gasteiger partial charge in [0.2, 0.25) is 11.8 Å². The second kappa shape index (κ2) is 18.6. The molecule has 2 N–H and O–H groups in total. The van der Waals surface area contributed by atoms with Gasteiger partial charge in [0.1, 0.15) is 6.61 Å². The summed E-state index contributed by atoms with van der Waals surface area (Å²) in [6.45, 7) is 9.68. The molecule has 40 heavy (non-hydrogen) atoms. The predicted octanol–water partition coefficient (Wildman–Crippen LogP) is 4.85. The molecule has 0 aliphatic rings. The highest BCUT2D eigenvalue weighted by Gasteiger charge is 2.26. The highest BCUT2D eigenvalue weighted by Crippen LogP contribution is 2.18. The van der Waals surface area contributed by atoms with Gasteiger partial charge in [0, 0.05) is 19.5 Å². The average Bonchev–Trinajstić information content (AvgIpc) is 2.96. The molecule has 0 saturated heterocycles. The second-order valence-corrected chi connectivity index (χ2v) is 10.1. The van der Waals surface area contributed by atoms with Crippen LogP contribution < -0.4 is 5.32 Å². The molecule has 2 rings (SSSR count). The number of unbranched alkanes of at least 4 members (excludes halogenated alkanes) is 1. The summed E-state index contributed by atoms with van der Waals surface area (Å²) >= 11 is 0. The van der Waals surface area contributed by atoms with E-state index in [4.69, 9.17) is 4.74 Å². The van der Waals surface area contributed by atoms with Crippen molar-refractivity contribution in [2.45, 2.75) is 58.0 Å². The molecule has 216 valence electrons. The third kappa shape index (κ3) is 12.0. The van der Waals surface area contributed by atoms with Crippen LogP contribution in [0.5, 0.6) is 0 Å². The number of hydrogen-bond donors (Lipinski definition) is 2. The Morgan fingerprint density at radius 3 is 2.23 bits per heavy atom. The number of ether oxygens (including phenoxy) is 1. The number of benzene rings is 2. The number of aliphatic hydroxyl groups is 1. The van der Waals surface area contributed by atoms with E-state index in [0.717, 1.165) is 24.0 Å². The molecule has 0 aliphatic carbocycles. The van der Waals surface area contributed by atoms with Crippen LogP contribution in [-0.2, 0) is 32.1 Å². The number of nitrogens with zero attached hydrogens (tertiary/aromatic N) is 1. The standard InChI is InChI=1S/C33H44N2O5/c1-4-6-9-19-30(22-27-15-10-7-11-16-27)33(39)40-25-26(3)34-32(38)29(14-5-2)23-31(37)35(20-21-36)24-28-17-12-8-13-18-28/h4-5,7-8,10-13,15-18,26,29-30,36H,1-2,6,9,14,19-25H2,3H3,(H,34,38). The molecule has 7 nitrogen and oxygen atoms in total. The molecule has 3 unspecified atom stereocenters. The van der Waals surface area contributed by atoms with Gasteiger partial charge in [-0.05, 0) is 50.2 Å². The summed E-state index contributed by atoms with van der Waals surface area (Å²) < 4.78 is 5.62. The molecule has 2 aromatic rings. The summed E-state index contributed by atoms with van der Waals surface area (Å²) in [5.41, 5.74) is 2.02. The van der Waals surface area contributed by atoms with Gasteiger partial charge in [0.15, 0.2) is 0 Å². The Labute approximate surface area is 238 Å². The molecular weight excluding hydrogens is 504 g/mol. The van der Waals surface area contributed by atoms with E-state index in [0.29, 0.717) is 25.8 Å². The van der Waals surface area contributed by atoms with Crippen LogP contribution in [-0.4, -0.2) is 53.6 Å². The number of carbonyl (C=O) groups is 3. The molecule has 2 aromatic carbocycles. The monoisotopic (exact) mass is 548 g/mol. The third-order valence-corrected chi connectivity index (χ3v) is 6.67. The Kier molecular flexibility index (Phi) is 15.1. The quantitative estimate of drug-likeness (QED) is 0.149. The number of carbonyl (C=O) groups excluding carboxylic acids is 3. The minimum atomic E-state index is -0.621. The van der Waals surface area contributed by atoms with Crippen molar-refractivity contribution in [3.05, 3.63) is 97.1 Å². The fourth-order valence-electron chi connectivity index (χ4n) is 4.48. The summed E-state index contributed by atoms with van der Waals surface area (Å²) in [5, 5.41) is 12.4. The summed E-state index contributed by atoms with van der Waals surface area (Å²) in [7, 11) is 0. The predicted molar refractivity (Wildman–Crippen MR) is 158 cm³/mol. The van der Waals surface area contributed by atoms with Crippen LogP contribution in [0.3, 0.4) is 0 Å². The smallest absolute Gasteiger partial charge is 0.309 e. The molecule has 0 bridgehead atoms. The zero-order valence-corrected chi connectivity index (χ0v) is 23.7. The first kappa shape index (κ1) is 32.5. The largest absolute Gasteiger partial charge is 0.463 e. The number of amides is 2. The molecule has 0 heterocycles. The number of hydrogen-bond acceptors (Lipinski definition) is 5. The highest BCUT2D eigenvalue weighted by atomic mass is 16.5. The van der Waals surface area contributed by atoms with Crippen LogP contribution in [0, 0.1) is 11.8 Å². The van der Waals surface area contributed by atoms with Crippen molar-refractivity contribution in [2.24, 2.45) is 11.8 Å². The van der Waals surface area contributed by atoms with Crippen molar-refractivity contribution in [3.8, 4) is 0 Å². The number of allylic oxidation sites excluding steroid dienone is 2. The molecule has 0 spiro atoms. The zero-order chi connectivity index (χ0) is 29.2. The first-order chi connectivity index (χ1) is 19.4. The van der Waals surface area contributed by atoms with Gasteiger partial charge in [-0.25, -0.2) is 0 Å². The van der Waals surface area contributed by atoms with E-state index >= 15 is 0 Å². The van der Waals surface area contributed by atoms with E-state index in [1.54, 1.807) is 17.9 Å². The summed E-state index contributed by atoms with van der Waals surface area (Å²) in [5.74, 6) is -1.70. The molecule has 0 fully saturated rings. The van der Waals surface area contributed by atoms with E-state index in [2.05, 4.69) is 18.5 Å². The van der Waals surface area contributed by atoms with Crippen LogP contribution in [0.2, 0.25) is 0 Å². The van der Waals surface area contributed by atoms with Crippen LogP contribution in [0.25, 0.3) is 0 Å². The fraction of sp³-hybridized carbons (Fsp3) is 0.424. The molecule has 0 aliphatic heterocycles. The zero-order valence-electron chi connectivity index (χ0n) is 23.7. The lowest BCUT2D eigenvalue weighted by molar-refractivity contribution is -0.150. The Balaban J connectivity index is 1.93. The lowest BCUT2D eigenvalue weighted by Gasteiger charge is -2.25. The van der Waals surface area contributed by atoms with Crippen molar-refractivity contribution in [2.75, 3.05) is 19.8 Å². The minimum absolute atomic E-state index is 0.0142. The normalized spacial score (nSPS) is 12.9. The van der Waals surface area contributed by atoms with Gasteiger partial charge in [-0.15, -0.1) is 13.2 Å². The van der Waals surface area contributed by atoms with Crippen molar-refractivity contribution in [3.63, 3.8) is 0 Å². The Hall–Kier alpha value is -3.71. The molecule has 0 saturated carbocycles. The Morgan fingerprint density at radius 1 is 0.975 bits per heavy atom. The second-order valence-electron chi connectivity index (χ2n) is 10.1. The van der Waals surface area contributed by atoms with Gasteiger partial charge >= 0.3 is 5.97 Å².